The van der Waals surface area contributed by atoms with Gasteiger partial charge >= 0.3 is 0 Å². The van der Waals surface area contributed by atoms with Gasteiger partial charge in [-0.2, -0.15) is 0 Å². The third-order valence-corrected chi connectivity index (χ3v) is 3.59. The molecule has 3 aromatic rings. The van der Waals surface area contributed by atoms with Crippen molar-refractivity contribution in [3.63, 3.8) is 0 Å². The lowest BCUT2D eigenvalue weighted by Crippen LogP contribution is -1.89. The largest absolute Gasteiger partial charge is 0.410 e. The first kappa shape index (κ1) is 13.0. The summed E-state index contributed by atoms with van der Waals surface area (Å²) in [4.78, 5) is 4.44. The van der Waals surface area contributed by atoms with Crippen molar-refractivity contribution in [2.45, 2.75) is 12.1 Å². The summed E-state index contributed by atoms with van der Waals surface area (Å²) in [7, 11) is 0. The lowest BCUT2D eigenvalue weighted by Gasteiger charge is -1.98. The summed E-state index contributed by atoms with van der Waals surface area (Å²) in [5.74, 6) is 3.39. The molecule has 0 spiro atoms. The minimum atomic E-state index is 0.400. The van der Waals surface area contributed by atoms with Gasteiger partial charge in [-0.25, -0.2) is 4.98 Å². The molecule has 0 aromatic carbocycles. The zero-order valence-corrected chi connectivity index (χ0v) is 12.1. The fraction of sp³-hybridized carbons (Fsp3) is 0.154. The quantitative estimate of drug-likeness (QED) is 0.550. The highest BCUT2D eigenvalue weighted by atomic mass is 35.5. The predicted octanol–water partition coefficient (Wildman–Crippen LogP) is 3.07. The molecule has 0 radical (unpaired) electrons. The number of terminal acetylenes is 1. The maximum absolute atomic E-state index is 6.02. The topological polar surface area (TPSA) is 56.2 Å². The standard InChI is InChI=1S/C13H9ClN4OS/c1-3-6-20-13-17-16-12(19-13)11-8(2)15-10-5-4-9(14)7-18(10)11/h1,4-5,7H,6H2,2H3. The van der Waals surface area contributed by atoms with E-state index in [9.17, 15) is 0 Å². The Morgan fingerprint density at radius 2 is 2.30 bits per heavy atom. The second-order valence-electron chi connectivity index (χ2n) is 3.99. The van der Waals surface area contributed by atoms with Crippen molar-refractivity contribution in [1.82, 2.24) is 19.6 Å². The van der Waals surface area contributed by atoms with Crippen molar-refractivity contribution in [3.05, 3.63) is 29.0 Å². The first-order chi connectivity index (χ1) is 9.69. The van der Waals surface area contributed by atoms with Crippen molar-refractivity contribution in [3.8, 4) is 23.9 Å². The first-order valence-corrected chi connectivity index (χ1v) is 7.10. The molecule has 0 atom stereocenters. The van der Waals surface area contributed by atoms with Crippen LogP contribution in [0.25, 0.3) is 17.2 Å². The zero-order chi connectivity index (χ0) is 14.1. The van der Waals surface area contributed by atoms with E-state index in [4.69, 9.17) is 22.4 Å². The van der Waals surface area contributed by atoms with E-state index in [1.807, 2.05) is 17.4 Å². The van der Waals surface area contributed by atoms with E-state index >= 15 is 0 Å². The summed E-state index contributed by atoms with van der Waals surface area (Å²) in [5, 5.41) is 9.05. The fourth-order valence-corrected chi connectivity index (χ4v) is 2.47. The highest BCUT2D eigenvalue weighted by Crippen LogP contribution is 2.27. The summed E-state index contributed by atoms with van der Waals surface area (Å²) in [6, 6.07) is 3.62. The number of hydrogen-bond donors (Lipinski definition) is 0. The van der Waals surface area contributed by atoms with Crippen molar-refractivity contribution in [1.29, 1.82) is 0 Å². The Labute approximate surface area is 124 Å². The van der Waals surface area contributed by atoms with Gasteiger partial charge in [0.2, 0.25) is 0 Å². The molecule has 20 heavy (non-hydrogen) atoms. The van der Waals surface area contributed by atoms with E-state index in [1.54, 1.807) is 12.3 Å². The van der Waals surface area contributed by atoms with Gasteiger partial charge in [0.1, 0.15) is 11.3 Å². The predicted molar refractivity (Wildman–Crippen MR) is 77.8 cm³/mol. The normalized spacial score (nSPS) is 10.8. The number of rotatable bonds is 3. The number of thioether (sulfide) groups is 1. The molecule has 3 aromatic heterocycles. The number of aryl methyl sites for hydroxylation is 1. The number of halogens is 1. The molecule has 0 aliphatic carbocycles. The van der Waals surface area contributed by atoms with Crippen LogP contribution in [0.4, 0.5) is 0 Å². The molecule has 3 heterocycles. The number of aromatic nitrogens is 4. The van der Waals surface area contributed by atoms with Crippen LogP contribution in [0.5, 0.6) is 0 Å². The third-order valence-electron chi connectivity index (χ3n) is 2.64. The molecule has 0 bridgehead atoms. The van der Waals surface area contributed by atoms with Crippen LogP contribution in [0.3, 0.4) is 0 Å². The van der Waals surface area contributed by atoms with Crippen LogP contribution >= 0.6 is 23.4 Å². The Morgan fingerprint density at radius 1 is 1.45 bits per heavy atom. The average molecular weight is 305 g/mol. The Balaban J connectivity index is 2.09. The van der Waals surface area contributed by atoms with Crippen LogP contribution in [0.15, 0.2) is 28.0 Å². The number of fused-ring (bicyclic) bond motifs is 1. The monoisotopic (exact) mass is 304 g/mol. The zero-order valence-electron chi connectivity index (χ0n) is 10.5. The third kappa shape index (κ3) is 2.26. The smallest absolute Gasteiger partial charge is 0.277 e. The lowest BCUT2D eigenvalue weighted by atomic mass is 10.3. The number of hydrogen-bond acceptors (Lipinski definition) is 5. The molecule has 3 rings (SSSR count). The van der Waals surface area contributed by atoms with Gasteiger partial charge < -0.3 is 4.42 Å². The van der Waals surface area contributed by atoms with Crippen molar-refractivity contribution >= 4 is 29.0 Å². The van der Waals surface area contributed by atoms with Gasteiger partial charge in [-0.15, -0.1) is 16.6 Å². The molecular weight excluding hydrogens is 296 g/mol. The first-order valence-electron chi connectivity index (χ1n) is 5.73. The molecule has 5 nitrogen and oxygen atoms in total. The van der Waals surface area contributed by atoms with Crippen LogP contribution in [-0.4, -0.2) is 25.3 Å². The molecule has 100 valence electrons. The highest BCUT2D eigenvalue weighted by molar-refractivity contribution is 7.99. The minimum absolute atomic E-state index is 0.400. The van der Waals surface area contributed by atoms with E-state index in [1.165, 1.54) is 11.8 Å². The van der Waals surface area contributed by atoms with Crippen LogP contribution in [-0.2, 0) is 0 Å². The summed E-state index contributed by atoms with van der Waals surface area (Å²) in [6.45, 7) is 1.88. The van der Waals surface area contributed by atoms with Crippen LogP contribution in [0.1, 0.15) is 5.69 Å². The molecule has 0 fully saturated rings. The second-order valence-corrected chi connectivity index (χ2v) is 5.35. The summed E-state index contributed by atoms with van der Waals surface area (Å²) in [6.07, 6.45) is 6.97. The lowest BCUT2D eigenvalue weighted by molar-refractivity contribution is 0.464. The average Bonchev–Trinajstić information content (AvgIpc) is 2.99. The molecule has 0 unspecified atom stereocenters. The Kier molecular flexibility index (Phi) is 3.38. The minimum Gasteiger partial charge on any atom is -0.410 e. The van der Waals surface area contributed by atoms with Crippen molar-refractivity contribution in [2.24, 2.45) is 0 Å². The van der Waals surface area contributed by atoms with Crippen LogP contribution in [0, 0.1) is 19.3 Å². The second kappa shape index (κ2) is 5.19. The maximum Gasteiger partial charge on any atom is 0.277 e. The van der Waals surface area contributed by atoms with Gasteiger partial charge in [-0.05, 0) is 19.1 Å². The fourth-order valence-electron chi connectivity index (χ4n) is 1.86. The Hall–Kier alpha value is -1.97. The number of imidazole rings is 1. The van der Waals surface area contributed by atoms with E-state index in [0.717, 1.165) is 17.0 Å². The van der Waals surface area contributed by atoms with Gasteiger partial charge in [0, 0.05) is 6.20 Å². The molecular formula is C13H9ClN4OS. The van der Waals surface area contributed by atoms with Crippen molar-refractivity contribution in [2.75, 3.05) is 5.75 Å². The van der Waals surface area contributed by atoms with Crippen LogP contribution in [0.2, 0.25) is 5.02 Å². The van der Waals surface area contributed by atoms with Crippen LogP contribution < -0.4 is 0 Å². The van der Waals surface area contributed by atoms with E-state index in [-0.39, 0.29) is 0 Å². The van der Waals surface area contributed by atoms with Gasteiger partial charge in [0.25, 0.3) is 11.1 Å². The number of pyridine rings is 1. The van der Waals surface area contributed by atoms with E-state index < -0.39 is 0 Å². The van der Waals surface area contributed by atoms with Gasteiger partial charge in [-0.1, -0.05) is 29.3 Å². The summed E-state index contributed by atoms with van der Waals surface area (Å²) >= 11 is 7.34. The van der Waals surface area contributed by atoms with Gasteiger partial charge in [-0.3, -0.25) is 4.40 Å². The van der Waals surface area contributed by atoms with E-state index in [2.05, 4.69) is 21.1 Å². The molecule has 0 N–H and O–H groups in total. The summed E-state index contributed by atoms with van der Waals surface area (Å²) < 4.78 is 7.43. The molecule has 0 aliphatic heterocycles. The number of nitrogens with zero attached hydrogens (tertiary/aromatic N) is 4. The molecule has 0 aliphatic rings. The maximum atomic E-state index is 6.02. The molecule has 7 heteroatoms. The van der Waals surface area contributed by atoms with Crippen molar-refractivity contribution < 1.29 is 4.42 Å². The Bertz CT molecular complexity index is 817. The molecule has 0 saturated heterocycles. The molecule has 0 saturated carbocycles. The molecule has 0 amide bonds. The van der Waals surface area contributed by atoms with Gasteiger partial charge in [0.15, 0.2) is 0 Å². The summed E-state index contributed by atoms with van der Waals surface area (Å²) in [5.41, 5.74) is 2.31. The van der Waals surface area contributed by atoms with E-state index in [0.29, 0.717) is 21.9 Å². The van der Waals surface area contributed by atoms with Gasteiger partial charge in [0.05, 0.1) is 16.5 Å². The Morgan fingerprint density at radius 3 is 3.10 bits per heavy atom. The SMILES string of the molecule is C#CCSc1nnc(-c2c(C)nc3ccc(Cl)cn23)o1. The highest BCUT2D eigenvalue weighted by Gasteiger charge is 2.17.